The van der Waals surface area contributed by atoms with E-state index in [1.54, 1.807) is 19.2 Å². The van der Waals surface area contributed by atoms with Gasteiger partial charge in [0.1, 0.15) is 5.58 Å². The van der Waals surface area contributed by atoms with Crippen LogP contribution < -0.4 is 15.9 Å². The van der Waals surface area contributed by atoms with E-state index >= 15 is 0 Å². The van der Waals surface area contributed by atoms with Gasteiger partial charge in [-0.2, -0.15) is 0 Å². The Morgan fingerprint density at radius 1 is 1.20 bits per heavy atom. The van der Waals surface area contributed by atoms with Gasteiger partial charge in [0.05, 0.1) is 17.9 Å². The Balaban J connectivity index is 2.51. The summed E-state index contributed by atoms with van der Waals surface area (Å²) in [5.74, 6) is 0.559. The summed E-state index contributed by atoms with van der Waals surface area (Å²) < 4.78 is 11.2. The second kappa shape index (κ2) is 4.98. The lowest BCUT2D eigenvalue weighted by atomic mass is 10.0. The van der Waals surface area contributed by atoms with Gasteiger partial charge in [0.15, 0.2) is 11.3 Å². The molecule has 1 heterocycles. The van der Waals surface area contributed by atoms with Crippen LogP contribution in [0.25, 0.3) is 21.9 Å². The molecule has 102 valence electrons. The molecule has 20 heavy (non-hydrogen) atoms. The molecule has 2 aromatic carbocycles. The first kappa shape index (κ1) is 12.7. The van der Waals surface area contributed by atoms with Crippen LogP contribution in [0.2, 0.25) is 0 Å². The molecule has 0 saturated heterocycles. The molecule has 4 heteroatoms. The quantitative estimate of drug-likeness (QED) is 0.742. The van der Waals surface area contributed by atoms with Crippen LogP contribution in [-0.2, 0) is 6.42 Å². The summed E-state index contributed by atoms with van der Waals surface area (Å²) in [4.78, 5) is 12.7. The molecule has 0 aliphatic heterocycles. The number of methoxy groups -OCH3 is 1. The van der Waals surface area contributed by atoms with Gasteiger partial charge in [-0.25, -0.2) is 0 Å². The van der Waals surface area contributed by atoms with E-state index < -0.39 is 0 Å². The Bertz CT molecular complexity index is 836. The average molecular weight is 269 g/mol. The molecule has 0 unspecified atom stereocenters. The lowest BCUT2D eigenvalue weighted by Gasteiger charge is -2.09. The Labute approximate surface area is 115 Å². The van der Waals surface area contributed by atoms with Gasteiger partial charge in [0, 0.05) is 0 Å². The molecule has 1 aromatic heterocycles. The highest BCUT2D eigenvalue weighted by Gasteiger charge is 2.14. The van der Waals surface area contributed by atoms with Crippen LogP contribution in [0.5, 0.6) is 5.75 Å². The van der Waals surface area contributed by atoms with Crippen molar-refractivity contribution in [3.8, 4) is 5.75 Å². The summed E-state index contributed by atoms with van der Waals surface area (Å²) >= 11 is 0. The first-order valence-electron chi connectivity index (χ1n) is 6.47. The maximum atomic E-state index is 12.7. The summed E-state index contributed by atoms with van der Waals surface area (Å²) in [5.41, 5.74) is 7.53. The third kappa shape index (κ3) is 1.85. The lowest BCUT2D eigenvalue weighted by Crippen LogP contribution is -2.09. The third-order valence-corrected chi connectivity index (χ3v) is 3.41. The maximum Gasteiger partial charge on any atom is 0.200 e. The zero-order valence-corrected chi connectivity index (χ0v) is 11.2. The van der Waals surface area contributed by atoms with E-state index in [0.717, 1.165) is 5.56 Å². The van der Waals surface area contributed by atoms with E-state index in [-0.39, 0.29) is 5.43 Å². The van der Waals surface area contributed by atoms with E-state index in [4.69, 9.17) is 14.9 Å². The second-order valence-corrected chi connectivity index (χ2v) is 4.60. The van der Waals surface area contributed by atoms with E-state index in [0.29, 0.717) is 40.7 Å². The Kier molecular flexibility index (Phi) is 3.16. The van der Waals surface area contributed by atoms with Crippen LogP contribution in [0.1, 0.15) is 5.56 Å². The topological polar surface area (TPSA) is 65.5 Å². The summed E-state index contributed by atoms with van der Waals surface area (Å²) in [6.07, 6.45) is 0.629. The predicted octanol–water partition coefficient (Wildman–Crippen LogP) is 2.46. The molecule has 4 nitrogen and oxygen atoms in total. The average Bonchev–Trinajstić information content (AvgIpc) is 2.48. The number of rotatable bonds is 3. The van der Waals surface area contributed by atoms with Crippen molar-refractivity contribution in [1.82, 2.24) is 0 Å². The molecule has 0 aliphatic carbocycles. The largest absolute Gasteiger partial charge is 0.493 e. The van der Waals surface area contributed by atoms with Crippen LogP contribution in [0.15, 0.2) is 45.6 Å². The summed E-state index contributed by atoms with van der Waals surface area (Å²) in [6.45, 7) is 0.480. The number of hydrogen-bond donors (Lipinski definition) is 1. The van der Waals surface area contributed by atoms with Crippen molar-refractivity contribution in [3.05, 3.63) is 52.2 Å². The van der Waals surface area contributed by atoms with Gasteiger partial charge in [-0.3, -0.25) is 4.79 Å². The first-order valence-corrected chi connectivity index (χ1v) is 6.47. The van der Waals surface area contributed by atoms with Crippen molar-refractivity contribution in [3.63, 3.8) is 0 Å². The highest BCUT2D eigenvalue weighted by molar-refractivity contribution is 5.94. The van der Waals surface area contributed by atoms with Gasteiger partial charge < -0.3 is 14.9 Å². The van der Waals surface area contributed by atoms with Crippen LogP contribution in [0.3, 0.4) is 0 Å². The number of hydrogen-bond acceptors (Lipinski definition) is 4. The molecule has 0 bridgehead atoms. The fourth-order valence-electron chi connectivity index (χ4n) is 2.47. The van der Waals surface area contributed by atoms with Crippen molar-refractivity contribution in [1.29, 1.82) is 0 Å². The van der Waals surface area contributed by atoms with Crippen molar-refractivity contribution >= 4 is 21.9 Å². The maximum absolute atomic E-state index is 12.7. The molecule has 0 saturated carbocycles. The number of para-hydroxylation sites is 1. The standard InChI is InChI=1S/C16H15NO3/c1-19-13-7-6-10(8-9-17)14-15(18)11-4-2-3-5-12(11)20-16(13)14/h2-7H,8-9,17H2,1H3. The molecule has 2 N–H and O–H groups in total. The number of fused-ring (bicyclic) bond motifs is 2. The van der Waals surface area contributed by atoms with Gasteiger partial charge in [-0.05, 0) is 36.7 Å². The normalized spacial score (nSPS) is 11.1. The van der Waals surface area contributed by atoms with Crippen LogP contribution >= 0.6 is 0 Å². The van der Waals surface area contributed by atoms with Crippen molar-refractivity contribution in [2.24, 2.45) is 5.73 Å². The molecule has 3 rings (SSSR count). The van der Waals surface area contributed by atoms with E-state index in [1.165, 1.54) is 0 Å². The molecular formula is C16H15NO3. The molecule has 0 aliphatic rings. The fourth-order valence-corrected chi connectivity index (χ4v) is 2.47. The van der Waals surface area contributed by atoms with Gasteiger partial charge in [-0.1, -0.05) is 18.2 Å². The van der Waals surface area contributed by atoms with Crippen molar-refractivity contribution in [2.45, 2.75) is 6.42 Å². The predicted molar refractivity (Wildman–Crippen MR) is 79.3 cm³/mol. The molecule has 0 radical (unpaired) electrons. The molecule has 0 atom stereocenters. The fraction of sp³-hybridized carbons (Fsp3) is 0.188. The van der Waals surface area contributed by atoms with E-state index in [2.05, 4.69) is 0 Å². The number of nitrogens with two attached hydrogens (primary N) is 1. The molecular weight excluding hydrogens is 254 g/mol. The smallest absolute Gasteiger partial charge is 0.200 e. The lowest BCUT2D eigenvalue weighted by molar-refractivity contribution is 0.411. The minimum Gasteiger partial charge on any atom is -0.493 e. The molecule has 0 amide bonds. The van der Waals surface area contributed by atoms with Gasteiger partial charge in [0.2, 0.25) is 5.43 Å². The Hall–Kier alpha value is -2.33. The molecule has 3 aromatic rings. The Morgan fingerprint density at radius 3 is 2.75 bits per heavy atom. The minimum atomic E-state index is -0.0378. The van der Waals surface area contributed by atoms with Crippen molar-refractivity contribution < 1.29 is 9.15 Å². The van der Waals surface area contributed by atoms with Gasteiger partial charge in [0.25, 0.3) is 0 Å². The van der Waals surface area contributed by atoms with Gasteiger partial charge in [-0.15, -0.1) is 0 Å². The first-order chi connectivity index (χ1) is 9.76. The SMILES string of the molecule is COc1ccc(CCN)c2c(=O)c3ccccc3oc12. The Morgan fingerprint density at radius 2 is 2.00 bits per heavy atom. The van der Waals surface area contributed by atoms with Crippen LogP contribution in [0.4, 0.5) is 0 Å². The summed E-state index contributed by atoms with van der Waals surface area (Å²) in [7, 11) is 1.56. The van der Waals surface area contributed by atoms with Gasteiger partial charge >= 0.3 is 0 Å². The molecule has 0 spiro atoms. The summed E-state index contributed by atoms with van der Waals surface area (Å²) in [5, 5.41) is 1.14. The number of benzene rings is 2. The van der Waals surface area contributed by atoms with E-state index in [1.807, 2.05) is 24.3 Å². The molecule has 0 fully saturated rings. The second-order valence-electron chi connectivity index (χ2n) is 4.60. The summed E-state index contributed by atoms with van der Waals surface area (Å²) in [6, 6.07) is 10.9. The number of ether oxygens (including phenoxy) is 1. The van der Waals surface area contributed by atoms with Crippen LogP contribution in [0, 0.1) is 0 Å². The minimum absolute atomic E-state index is 0.0378. The zero-order chi connectivity index (χ0) is 14.1. The highest BCUT2D eigenvalue weighted by atomic mass is 16.5. The van der Waals surface area contributed by atoms with Crippen molar-refractivity contribution in [2.75, 3.05) is 13.7 Å². The third-order valence-electron chi connectivity index (χ3n) is 3.41. The zero-order valence-electron chi connectivity index (χ0n) is 11.2. The highest BCUT2D eigenvalue weighted by Crippen LogP contribution is 2.29. The monoisotopic (exact) mass is 269 g/mol. The van der Waals surface area contributed by atoms with Crippen LogP contribution in [-0.4, -0.2) is 13.7 Å². The van der Waals surface area contributed by atoms with E-state index in [9.17, 15) is 4.79 Å².